The molecule has 1 atom stereocenters. The van der Waals surface area contributed by atoms with Gasteiger partial charge in [0, 0.05) is 35.5 Å². The van der Waals surface area contributed by atoms with Crippen molar-refractivity contribution in [1.82, 2.24) is 9.88 Å². The van der Waals surface area contributed by atoms with E-state index < -0.39 is 0 Å². The van der Waals surface area contributed by atoms with E-state index in [2.05, 4.69) is 45.0 Å². The summed E-state index contributed by atoms with van der Waals surface area (Å²) in [6.07, 6.45) is 3.66. The van der Waals surface area contributed by atoms with Crippen LogP contribution < -0.4 is 10.5 Å². The summed E-state index contributed by atoms with van der Waals surface area (Å²) in [5.74, 6) is 0.853. The number of aromatic nitrogens is 1. The second-order valence-electron chi connectivity index (χ2n) is 4.91. The van der Waals surface area contributed by atoms with Gasteiger partial charge in [-0.15, -0.1) is 0 Å². The maximum atomic E-state index is 6.00. The summed E-state index contributed by atoms with van der Waals surface area (Å²) < 4.78 is 6.49. The van der Waals surface area contributed by atoms with Crippen LogP contribution in [0, 0.1) is 0 Å². The lowest BCUT2D eigenvalue weighted by Crippen LogP contribution is -2.30. The first-order valence-corrected chi connectivity index (χ1v) is 7.57. The molecule has 2 aromatic rings. The Balaban J connectivity index is 2.24. The molecule has 4 nitrogen and oxygen atoms in total. The third kappa shape index (κ3) is 4.03. The van der Waals surface area contributed by atoms with Crippen molar-refractivity contribution in [2.24, 2.45) is 5.73 Å². The highest BCUT2D eigenvalue weighted by Crippen LogP contribution is 2.31. The zero-order valence-electron chi connectivity index (χ0n) is 12.3. The Morgan fingerprint density at radius 3 is 2.81 bits per heavy atom. The first-order chi connectivity index (χ1) is 10.2. The van der Waals surface area contributed by atoms with Gasteiger partial charge in [0.2, 0.25) is 0 Å². The standard InChI is InChI=1S/C16H20BrN3O/c1-20(11-12-4-3-7-19-10-12)15(9-18)14-8-13(17)5-6-16(14)21-2/h3-8,10,15H,9,11,18H2,1-2H3. The number of methoxy groups -OCH3 is 1. The topological polar surface area (TPSA) is 51.4 Å². The molecule has 0 bridgehead atoms. The van der Waals surface area contributed by atoms with Gasteiger partial charge in [-0.3, -0.25) is 9.88 Å². The minimum absolute atomic E-state index is 0.0812. The Labute approximate surface area is 134 Å². The van der Waals surface area contributed by atoms with E-state index in [1.165, 1.54) is 0 Å². The zero-order chi connectivity index (χ0) is 15.2. The third-order valence-corrected chi connectivity index (χ3v) is 3.95. The van der Waals surface area contributed by atoms with Crippen LogP contribution in [0.15, 0.2) is 47.2 Å². The van der Waals surface area contributed by atoms with Crippen molar-refractivity contribution in [2.75, 3.05) is 20.7 Å². The van der Waals surface area contributed by atoms with Crippen LogP contribution in [-0.2, 0) is 6.54 Å². The summed E-state index contributed by atoms with van der Waals surface area (Å²) in [5.41, 5.74) is 8.25. The molecule has 2 N–H and O–H groups in total. The molecule has 1 aromatic heterocycles. The van der Waals surface area contributed by atoms with Crippen LogP contribution in [0.5, 0.6) is 5.75 Å². The van der Waals surface area contributed by atoms with E-state index in [1.54, 1.807) is 13.3 Å². The number of rotatable bonds is 6. The van der Waals surface area contributed by atoms with E-state index >= 15 is 0 Å². The molecular weight excluding hydrogens is 330 g/mol. The second-order valence-corrected chi connectivity index (χ2v) is 5.83. The lowest BCUT2D eigenvalue weighted by Gasteiger charge is -2.28. The van der Waals surface area contributed by atoms with Crippen molar-refractivity contribution in [3.8, 4) is 5.75 Å². The predicted molar refractivity (Wildman–Crippen MR) is 88.2 cm³/mol. The number of nitrogens with zero attached hydrogens (tertiary/aromatic N) is 2. The number of likely N-dealkylation sites (N-methyl/N-ethyl adjacent to an activating group) is 1. The number of hydrogen-bond donors (Lipinski definition) is 1. The van der Waals surface area contributed by atoms with E-state index in [-0.39, 0.29) is 6.04 Å². The third-order valence-electron chi connectivity index (χ3n) is 3.46. The highest BCUT2D eigenvalue weighted by atomic mass is 79.9. The number of benzene rings is 1. The van der Waals surface area contributed by atoms with Crippen LogP contribution in [0.25, 0.3) is 0 Å². The van der Waals surface area contributed by atoms with Crippen molar-refractivity contribution in [1.29, 1.82) is 0 Å². The van der Waals surface area contributed by atoms with Gasteiger partial charge in [0.15, 0.2) is 0 Å². The second kappa shape index (κ2) is 7.54. The van der Waals surface area contributed by atoms with E-state index in [1.807, 2.05) is 24.4 Å². The van der Waals surface area contributed by atoms with Gasteiger partial charge >= 0.3 is 0 Å². The van der Waals surface area contributed by atoms with Crippen LogP contribution in [0.3, 0.4) is 0 Å². The molecule has 21 heavy (non-hydrogen) atoms. The predicted octanol–water partition coefficient (Wildman–Crippen LogP) is 2.98. The first-order valence-electron chi connectivity index (χ1n) is 6.78. The van der Waals surface area contributed by atoms with Crippen molar-refractivity contribution >= 4 is 15.9 Å². The molecule has 0 spiro atoms. The Morgan fingerprint density at radius 2 is 2.19 bits per heavy atom. The first kappa shape index (κ1) is 15.9. The number of halogens is 1. The van der Waals surface area contributed by atoms with Crippen molar-refractivity contribution in [2.45, 2.75) is 12.6 Å². The van der Waals surface area contributed by atoms with Crippen molar-refractivity contribution in [3.05, 3.63) is 58.3 Å². The number of nitrogens with two attached hydrogens (primary N) is 1. The molecule has 1 aromatic carbocycles. The smallest absolute Gasteiger partial charge is 0.123 e. The molecule has 5 heteroatoms. The summed E-state index contributed by atoms with van der Waals surface area (Å²) in [7, 11) is 3.74. The van der Waals surface area contributed by atoms with Crippen LogP contribution in [0.2, 0.25) is 0 Å². The van der Waals surface area contributed by atoms with E-state index in [4.69, 9.17) is 10.5 Å². The molecule has 0 aliphatic heterocycles. The number of ether oxygens (including phenoxy) is 1. The van der Waals surface area contributed by atoms with Gasteiger partial charge in [0.25, 0.3) is 0 Å². The summed E-state index contributed by atoms with van der Waals surface area (Å²) >= 11 is 3.51. The summed E-state index contributed by atoms with van der Waals surface area (Å²) in [5, 5.41) is 0. The summed E-state index contributed by atoms with van der Waals surface area (Å²) in [4.78, 5) is 6.36. The molecule has 0 aliphatic carbocycles. The average Bonchev–Trinajstić information content (AvgIpc) is 2.49. The molecule has 0 aliphatic rings. The monoisotopic (exact) mass is 349 g/mol. The van der Waals surface area contributed by atoms with Crippen molar-refractivity contribution in [3.63, 3.8) is 0 Å². The molecule has 112 valence electrons. The van der Waals surface area contributed by atoms with Gasteiger partial charge in [-0.1, -0.05) is 22.0 Å². The molecule has 1 heterocycles. The number of pyridine rings is 1. The van der Waals surface area contributed by atoms with E-state index in [0.29, 0.717) is 6.54 Å². The molecule has 0 saturated heterocycles. The minimum Gasteiger partial charge on any atom is -0.496 e. The summed E-state index contributed by atoms with van der Waals surface area (Å²) in [6.45, 7) is 1.30. The Bertz CT molecular complexity index is 577. The van der Waals surface area contributed by atoms with Crippen LogP contribution in [0.1, 0.15) is 17.2 Å². The van der Waals surface area contributed by atoms with Gasteiger partial charge in [-0.25, -0.2) is 0 Å². The molecule has 0 saturated carbocycles. The maximum Gasteiger partial charge on any atom is 0.123 e. The van der Waals surface area contributed by atoms with Gasteiger partial charge in [0.05, 0.1) is 13.2 Å². The van der Waals surface area contributed by atoms with Crippen molar-refractivity contribution < 1.29 is 4.74 Å². The van der Waals surface area contributed by atoms with Gasteiger partial charge in [-0.05, 0) is 36.9 Å². The highest BCUT2D eigenvalue weighted by Gasteiger charge is 2.20. The highest BCUT2D eigenvalue weighted by molar-refractivity contribution is 9.10. The van der Waals surface area contributed by atoms with E-state index in [9.17, 15) is 0 Å². The van der Waals surface area contributed by atoms with Crippen LogP contribution >= 0.6 is 15.9 Å². The minimum atomic E-state index is 0.0812. The fourth-order valence-corrected chi connectivity index (χ4v) is 2.78. The quantitative estimate of drug-likeness (QED) is 0.870. The fraction of sp³-hybridized carbons (Fsp3) is 0.312. The van der Waals surface area contributed by atoms with Gasteiger partial charge < -0.3 is 10.5 Å². The van der Waals surface area contributed by atoms with Gasteiger partial charge in [0.1, 0.15) is 5.75 Å². The Kier molecular flexibility index (Phi) is 5.73. The van der Waals surface area contributed by atoms with Crippen LogP contribution in [-0.4, -0.2) is 30.6 Å². The summed E-state index contributed by atoms with van der Waals surface area (Å²) in [6, 6.07) is 10.1. The van der Waals surface area contributed by atoms with E-state index in [0.717, 1.165) is 27.9 Å². The fourth-order valence-electron chi connectivity index (χ4n) is 2.40. The molecule has 0 amide bonds. The lowest BCUT2D eigenvalue weighted by molar-refractivity contribution is 0.236. The average molecular weight is 350 g/mol. The number of hydrogen-bond acceptors (Lipinski definition) is 4. The van der Waals surface area contributed by atoms with Crippen LogP contribution in [0.4, 0.5) is 0 Å². The molecule has 2 rings (SSSR count). The van der Waals surface area contributed by atoms with Gasteiger partial charge in [-0.2, -0.15) is 0 Å². The molecule has 0 fully saturated rings. The zero-order valence-corrected chi connectivity index (χ0v) is 13.9. The Hall–Kier alpha value is -1.43. The molecular formula is C16H20BrN3O. The largest absolute Gasteiger partial charge is 0.496 e. The SMILES string of the molecule is COc1ccc(Br)cc1C(CN)N(C)Cc1cccnc1. The maximum absolute atomic E-state index is 6.00. The lowest BCUT2D eigenvalue weighted by atomic mass is 10.0. The molecule has 0 radical (unpaired) electrons. The Morgan fingerprint density at radius 1 is 1.38 bits per heavy atom. The molecule has 1 unspecified atom stereocenters. The normalized spacial score (nSPS) is 12.4.